The Morgan fingerprint density at radius 2 is 1.85 bits per heavy atom. The zero-order valence-corrected chi connectivity index (χ0v) is 24.6. The van der Waals surface area contributed by atoms with Crippen molar-refractivity contribution in [2.45, 2.75) is 71.3 Å². The van der Waals surface area contributed by atoms with Gasteiger partial charge >= 0.3 is 0 Å². The van der Waals surface area contributed by atoms with Crippen molar-refractivity contribution in [3.05, 3.63) is 65.2 Å². The van der Waals surface area contributed by atoms with E-state index in [0.717, 1.165) is 67.6 Å². The van der Waals surface area contributed by atoms with Gasteiger partial charge in [-0.3, -0.25) is 9.62 Å². The Hall–Kier alpha value is -2.97. The van der Waals surface area contributed by atoms with E-state index < -0.39 is 9.92 Å². The molecule has 0 spiro atoms. The number of nitrogens with one attached hydrogen (secondary N) is 2. The van der Waals surface area contributed by atoms with Crippen molar-refractivity contribution in [1.29, 1.82) is 4.78 Å². The summed E-state index contributed by atoms with van der Waals surface area (Å²) >= 11 is 0. The summed E-state index contributed by atoms with van der Waals surface area (Å²) in [6.45, 7) is 13.9. The molecular weight excluding hydrogens is 506 g/mol. The second-order valence-electron chi connectivity index (χ2n) is 12.4. The lowest BCUT2D eigenvalue weighted by molar-refractivity contribution is 0.124. The molecule has 3 unspecified atom stereocenters. The molecule has 1 aromatic heterocycles. The first-order valence-electron chi connectivity index (χ1n) is 14.0. The third kappa shape index (κ3) is 6.79. The lowest BCUT2D eigenvalue weighted by Gasteiger charge is -2.28. The highest BCUT2D eigenvalue weighted by molar-refractivity contribution is 7.93. The summed E-state index contributed by atoms with van der Waals surface area (Å²) in [5, 5.41) is 0. The molecule has 3 aromatic rings. The van der Waals surface area contributed by atoms with Crippen LogP contribution in [0.1, 0.15) is 56.7 Å². The van der Waals surface area contributed by atoms with Gasteiger partial charge in [-0.1, -0.05) is 51.1 Å². The third-order valence-electron chi connectivity index (χ3n) is 7.81. The standard InChI is InChI=1S/C31H41N5O2S/c1-21-8-6-9-22(2)29(21)27-19-28-34-30(33-27)35-39(32,37)26-11-7-10-23(18-26)16-24-12-14-36(15-13-31(3,4)5)20-25(17-24)38-28/h6-11,18-19,24-25H,12-17,20H2,1-5H3,(H2,32,33,34,35,37). The Morgan fingerprint density at radius 3 is 2.59 bits per heavy atom. The average Bonchev–Trinajstić information content (AvgIpc) is 3.03. The fourth-order valence-corrected chi connectivity index (χ4v) is 6.75. The van der Waals surface area contributed by atoms with Crippen LogP contribution in [0.4, 0.5) is 5.95 Å². The first-order chi connectivity index (χ1) is 18.4. The topological polar surface area (TPSA) is 91.2 Å². The largest absolute Gasteiger partial charge is 0.473 e. The number of likely N-dealkylation sites (tertiary alicyclic amines) is 1. The molecule has 3 heterocycles. The highest BCUT2D eigenvalue weighted by Gasteiger charge is 2.28. The average molecular weight is 548 g/mol. The number of benzene rings is 2. The van der Waals surface area contributed by atoms with E-state index in [-0.39, 0.29) is 17.5 Å². The molecule has 2 aliphatic rings. The van der Waals surface area contributed by atoms with Crippen molar-refractivity contribution in [2.24, 2.45) is 11.3 Å². The van der Waals surface area contributed by atoms with Crippen LogP contribution in [0.15, 0.2) is 53.4 Å². The van der Waals surface area contributed by atoms with Gasteiger partial charge in [-0.05, 0) is 92.8 Å². The number of aromatic nitrogens is 2. The molecule has 5 rings (SSSR count). The first-order valence-corrected chi connectivity index (χ1v) is 15.5. The molecule has 8 heteroatoms. The van der Waals surface area contributed by atoms with E-state index in [9.17, 15) is 4.21 Å². The number of anilines is 1. The number of ether oxygens (including phenoxy) is 1. The van der Waals surface area contributed by atoms with Crippen molar-refractivity contribution in [3.8, 4) is 17.1 Å². The summed E-state index contributed by atoms with van der Waals surface area (Å²) in [5.41, 5.74) is 5.25. The van der Waals surface area contributed by atoms with Crippen LogP contribution in [0.3, 0.4) is 0 Å². The number of aryl methyl sites for hydroxylation is 2. The maximum atomic E-state index is 13.6. The lowest BCUT2D eigenvalue weighted by atomic mass is 9.91. The van der Waals surface area contributed by atoms with Crippen molar-refractivity contribution < 1.29 is 8.95 Å². The predicted octanol–water partition coefficient (Wildman–Crippen LogP) is 6.64. The Kier molecular flexibility index (Phi) is 7.71. The van der Waals surface area contributed by atoms with E-state index in [2.05, 4.69) is 67.4 Å². The molecule has 0 amide bonds. The van der Waals surface area contributed by atoms with E-state index in [4.69, 9.17) is 14.5 Å². The van der Waals surface area contributed by atoms with Crippen LogP contribution in [0, 0.1) is 30.0 Å². The highest BCUT2D eigenvalue weighted by atomic mass is 32.2. The van der Waals surface area contributed by atoms with Gasteiger partial charge in [-0.25, -0.2) is 14.0 Å². The quantitative estimate of drug-likeness (QED) is 0.383. The molecule has 1 fully saturated rings. The summed E-state index contributed by atoms with van der Waals surface area (Å²) in [5.74, 6) is 1.01. The van der Waals surface area contributed by atoms with Gasteiger partial charge in [0.2, 0.25) is 11.8 Å². The van der Waals surface area contributed by atoms with Gasteiger partial charge in [0.25, 0.3) is 0 Å². The van der Waals surface area contributed by atoms with Crippen LogP contribution in [0.5, 0.6) is 5.88 Å². The molecule has 39 heavy (non-hydrogen) atoms. The summed E-state index contributed by atoms with van der Waals surface area (Å²) < 4.78 is 31.9. The van der Waals surface area contributed by atoms with E-state index in [0.29, 0.717) is 22.4 Å². The van der Waals surface area contributed by atoms with Gasteiger partial charge in [-0.15, -0.1) is 0 Å². The van der Waals surface area contributed by atoms with E-state index >= 15 is 0 Å². The number of hydrogen-bond acceptors (Lipinski definition) is 6. The molecule has 2 aliphatic heterocycles. The van der Waals surface area contributed by atoms with E-state index in [1.807, 2.05) is 24.3 Å². The molecular formula is C31H41N5O2S. The summed E-state index contributed by atoms with van der Waals surface area (Å²) in [7, 11) is -3.38. The lowest BCUT2D eigenvalue weighted by Crippen LogP contribution is -2.36. The van der Waals surface area contributed by atoms with Crippen LogP contribution in [0.25, 0.3) is 11.3 Å². The molecule has 0 aliphatic carbocycles. The zero-order valence-electron chi connectivity index (χ0n) is 23.8. The monoisotopic (exact) mass is 547 g/mol. The van der Waals surface area contributed by atoms with Gasteiger partial charge in [0.15, 0.2) is 9.92 Å². The van der Waals surface area contributed by atoms with Gasteiger partial charge in [-0.2, -0.15) is 4.98 Å². The number of hydrogen-bond donors (Lipinski definition) is 2. The van der Waals surface area contributed by atoms with Crippen molar-refractivity contribution in [1.82, 2.24) is 14.9 Å². The van der Waals surface area contributed by atoms with E-state index in [1.54, 1.807) is 6.07 Å². The molecule has 2 N–H and O–H groups in total. The smallest absolute Gasteiger partial charge is 0.239 e. The Labute approximate surface area is 233 Å². The summed E-state index contributed by atoms with van der Waals surface area (Å²) in [6, 6.07) is 15.7. The minimum Gasteiger partial charge on any atom is -0.473 e. The molecule has 0 radical (unpaired) electrons. The van der Waals surface area contributed by atoms with Crippen molar-refractivity contribution in [3.63, 3.8) is 0 Å². The van der Waals surface area contributed by atoms with Crippen LogP contribution in [0.2, 0.25) is 0 Å². The van der Waals surface area contributed by atoms with Crippen LogP contribution >= 0.6 is 0 Å². The second kappa shape index (κ2) is 10.9. The van der Waals surface area contributed by atoms with Crippen LogP contribution in [-0.4, -0.2) is 44.8 Å². The molecule has 208 valence electrons. The first kappa shape index (κ1) is 27.6. The van der Waals surface area contributed by atoms with Gasteiger partial charge in [0.05, 0.1) is 10.6 Å². The number of nitrogens with zero attached hydrogens (tertiary/aromatic N) is 3. The van der Waals surface area contributed by atoms with Crippen molar-refractivity contribution in [2.75, 3.05) is 24.4 Å². The minimum atomic E-state index is -3.38. The fourth-order valence-electron chi connectivity index (χ4n) is 5.70. The Bertz CT molecular complexity index is 1430. The zero-order chi connectivity index (χ0) is 27.8. The maximum Gasteiger partial charge on any atom is 0.239 e. The second-order valence-corrected chi connectivity index (χ2v) is 14.2. The Morgan fingerprint density at radius 1 is 1.10 bits per heavy atom. The van der Waals surface area contributed by atoms with E-state index in [1.165, 1.54) is 0 Å². The fraction of sp³-hybridized carbons (Fsp3) is 0.484. The Balaban J connectivity index is 1.59. The molecule has 6 bridgehead atoms. The normalized spacial score (nSPS) is 23.8. The van der Waals surface area contributed by atoms with Gasteiger partial charge in [0, 0.05) is 18.2 Å². The minimum absolute atomic E-state index is 0.0321. The van der Waals surface area contributed by atoms with Crippen LogP contribution < -0.4 is 9.46 Å². The van der Waals surface area contributed by atoms with Crippen molar-refractivity contribution >= 4 is 15.9 Å². The molecule has 2 aromatic carbocycles. The third-order valence-corrected chi connectivity index (χ3v) is 9.19. The van der Waals surface area contributed by atoms with Gasteiger partial charge in [0.1, 0.15) is 6.10 Å². The summed E-state index contributed by atoms with van der Waals surface area (Å²) in [6.07, 6.45) is 3.95. The predicted molar refractivity (Wildman–Crippen MR) is 157 cm³/mol. The van der Waals surface area contributed by atoms with Gasteiger partial charge < -0.3 is 4.74 Å². The maximum absolute atomic E-state index is 13.6. The number of fused-ring (bicyclic) bond motifs is 6. The summed E-state index contributed by atoms with van der Waals surface area (Å²) in [4.78, 5) is 12.4. The SMILES string of the molecule is Cc1cccc(C)c1-c1cc2nc(n1)NS(=N)(=O)c1cccc(c1)CC1CCN(CCC(C)(C)C)CC(C1)O2. The van der Waals surface area contributed by atoms with Crippen LogP contribution in [-0.2, 0) is 16.3 Å². The highest BCUT2D eigenvalue weighted by Crippen LogP contribution is 2.32. The molecule has 1 saturated heterocycles. The number of rotatable bonds is 3. The molecule has 3 atom stereocenters. The molecule has 7 nitrogen and oxygen atoms in total. The molecule has 0 saturated carbocycles.